The molecule has 2 aliphatic heterocycles. The lowest BCUT2D eigenvalue weighted by Crippen LogP contribution is -2.51. The Hall–Kier alpha value is -5.03. The Bertz CT molecular complexity index is 2120. The average molecular weight is 944 g/mol. The van der Waals surface area contributed by atoms with Gasteiger partial charge in [0, 0.05) is 23.2 Å². The van der Waals surface area contributed by atoms with Crippen molar-refractivity contribution in [3.05, 3.63) is 32.2 Å². The van der Waals surface area contributed by atoms with Crippen molar-refractivity contribution in [1.29, 1.82) is 0 Å². The van der Waals surface area contributed by atoms with Crippen molar-refractivity contribution in [1.82, 2.24) is 31.2 Å². The van der Waals surface area contributed by atoms with Gasteiger partial charge in [-0.25, -0.2) is 15.0 Å². The average Bonchev–Trinajstić information content (AvgIpc) is 3.53. The summed E-state index contributed by atoms with van der Waals surface area (Å²) in [5.41, 5.74) is 7.09. The van der Waals surface area contributed by atoms with E-state index in [1.54, 1.807) is 6.92 Å². The van der Waals surface area contributed by atoms with Crippen LogP contribution in [0.2, 0.25) is 0 Å². The van der Waals surface area contributed by atoms with Crippen LogP contribution in [0.3, 0.4) is 0 Å². The van der Waals surface area contributed by atoms with E-state index in [1.165, 1.54) is 49.3 Å². The van der Waals surface area contributed by atoms with Gasteiger partial charge < -0.3 is 47.7 Å². The van der Waals surface area contributed by atoms with Gasteiger partial charge in [0.2, 0.25) is 35.3 Å². The van der Waals surface area contributed by atoms with Gasteiger partial charge in [0.05, 0.1) is 31.3 Å². The number of ketones is 2. The smallest absolute Gasteiger partial charge is 0.328 e. The highest BCUT2D eigenvalue weighted by Gasteiger charge is 2.57. The lowest BCUT2D eigenvalue weighted by molar-refractivity contribution is -0.218. The summed E-state index contributed by atoms with van der Waals surface area (Å²) in [7, 11) is 0. The van der Waals surface area contributed by atoms with Crippen molar-refractivity contribution in [2.75, 3.05) is 0 Å². The molecule has 1 fully saturated rings. The standard InChI is InChI=1S/C43H61N9O11S2/c1-3-4-5-6-7-8-9-10-11-12-13-14-31(55)48-26(19-30(44)54)38(59)47-25(2)15-16-42-21-33(57)51-41(17-18-41)29(53)20-32(56)46-22-34-50-28(24-64-34)43(62,63-42)37(52-42)39-49-27(23-65-39)36(58)35(45)40(60)61/h23-26,35,62H,3-22,45H2,1-2H3,(H2,44,54)(H,46,56)(H,47,59)(H,48,55)(H,51,57)(H,60,61)/t25-,26+,35?,42?,43?/m0/s1. The molecule has 5 rings (SSSR count). The minimum atomic E-state index is -2.53. The Morgan fingerprint density at radius 1 is 0.923 bits per heavy atom. The van der Waals surface area contributed by atoms with Crippen LogP contribution in [-0.4, -0.2) is 102 Å². The van der Waals surface area contributed by atoms with E-state index in [2.05, 4.69) is 38.2 Å². The molecule has 4 bridgehead atoms. The predicted octanol–water partition coefficient (Wildman–Crippen LogP) is 2.53. The molecule has 3 unspecified atom stereocenters. The number of carboxylic acid groups (broad SMARTS) is 1. The van der Waals surface area contributed by atoms with Gasteiger partial charge in [0.15, 0.2) is 17.6 Å². The van der Waals surface area contributed by atoms with Gasteiger partial charge >= 0.3 is 5.97 Å². The van der Waals surface area contributed by atoms with Gasteiger partial charge in [-0.3, -0.25) is 38.4 Å². The van der Waals surface area contributed by atoms with E-state index in [-0.39, 0.29) is 60.8 Å². The van der Waals surface area contributed by atoms with Crippen LogP contribution in [0.4, 0.5) is 0 Å². The number of hydrogen-bond donors (Lipinski definition) is 8. The summed E-state index contributed by atoms with van der Waals surface area (Å²) in [5.74, 6) is -8.80. The molecule has 2 aromatic heterocycles. The van der Waals surface area contributed by atoms with Crippen LogP contribution in [0.15, 0.2) is 15.8 Å². The number of primary amides is 1. The first kappa shape index (κ1) is 51.0. The number of aliphatic carboxylic acids is 1. The number of aliphatic imine (C=N–C) groups is 1. The monoisotopic (exact) mass is 943 g/mol. The second-order valence-corrected chi connectivity index (χ2v) is 19.0. The van der Waals surface area contributed by atoms with Crippen molar-refractivity contribution >= 4 is 75.5 Å². The summed E-state index contributed by atoms with van der Waals surface area (Å²) >= 11 is 1.87. The largest absolute Gasteiger partial charge is 0.480 e. The van der Waals surface area contributed by atoms with E-state index in [0.29, 0.717) is 11.4 Å². The van der Waals surface area contributed by atoms with Crippen molar-refractivity contribution in [2.24, 2.45) is 16.5 Å². The number of nitrogens with zero attached hydrogens (tertiary/aromatic N) is 3. The van der Waals surface area contributed by atoms with E-state index < -0.39 is 102 Å². The van der Waals surface area contributed by atoms with Crippen LogP contribution in [0.1, 0.15) is 162 Å². The number of hydrogen-bond acceptors (Lipinski definition) is 16. The van der Waals surface area contributed by atoms with E-state index in [1.807, 2.05) is 0 Å². The highest BCUT2D eigenvalue weighted by Crippen LogP contribution is 2.45. The zero-order valence-corrected chi connectivity index (χ0v) is 38.5. The molecular formula is C43H61N9O11S2. The second kappa shape index (κ2) is 22.9. The topological polar surface area (TPSA) is 325 Å². The zero-order chi connectivity index (χ0) is 47.4. The number of Topliss-reactive ketones (excluding diaryl/α,β-unsaturated/α-hetero) is 2. The van der Waals surface area contributed by atoms with Gasteiger partial charge in [0.25, 0.3) is 5.79 Å². The quantitative estimate of drug-likeness (QED) is 0.0426. The van der Waals surface area contributed by atoms with E-state index >= 15 is 0 Å². The molecule has 1 spiro atoms. The molecule has 0 saturated heterocycles. The molecule has 20 nitrogen and oxygen atoms in total. The number of ether oxygens (including phenoxy) is 1. The lowest BCUT2D eigenvalue weighted by atomic mass is 9.99. The number of aromatic nitrogens is 2. The Balaban J connectivity index is 1.33. The van der Waals surface area contributed by atoms with Gasteiger partial charge in [-0.2, -0.15) is 0 Å². The Kier molecular flexibility index (Phi) is 18.0. The van der Waals surface area contributed by atoms with E-state index in [4.69, 9.17) is 21.2 Å². The highest BCUT2D eigenvalue weighted by atomic mass is 32.1. The molecule has 5 amide bonds. The van der Waals surface area contributed by atoms with E-state index in [0.717, 1.165) is 48.4 Å². The third-order valence-electron chi connectivity index (χ3n) is 11.7. The Labute approximate surface area is 384 Å². The SMILES string of the molecule is CCCCCCCCCCCCCC(=O)N[C@H](CC(N)=O)C(=O)N[C@@H](C)CCC12CC(=O)NC3(CC3)C(=O)CC(=O)NCc3nc(cs3)C(O)(O1)C(c1nc(C(=O)C(N)C(=O)O)cs1)=N2. The second-order valence-electron chi connectivity index (χ2n) is 17.2. The number of nitrogens with two attached hydrogens (primary N) is 2. The summed E-state index contributed by atoms with van der Waals surface area (Å²) in [6, 6.07) is -3.91. The number of carbonyl (C=O) groups excluding carboxylic acids is 7. The van der Waals surface area contributed by atoms with Crippen LogP contribution in [0.5, 0.6) is 0 Å². The van der Waals surface area contributed by atoms with Crippen LogP contribution in [-0.2, 0) is 50.6 Å². The minimum Gasteiger partial charge on any atom is -0.480 e. The Morgan fingerprint density at radius 2 is 1.58 bits per heavy atom. The summed E-state index contributed by atoms with van der Waals surface area (Å²) in [6.45, 7) is 3.73. The molecule has 0 aromatic carbocycles. The number of rotatable bonds is 24. The molecular weight excluding hydrogens is 883 g/mol. The Morgan fingerprint density at radius 3 is 2.22 bits per heavy atom. The van der Waals surface area contributed by atoms with Gasteiger partial charge in [-0.15, -0.1) is 22.7 Å². The highest BCUT2D eigenvalue weighted by molar-refractivity contribution is 7.12. The maximum Gasteiger partial charge on any atom is 0.328 e. The summed E-state index contributed by atoms with van der Waals surface area (Å²) in [5, 5.41) is 35.5. The molecule has 1 saturated carbocycles. The fourth-order valence-electron chi connectivity index (χ4n) is 7.77. The van der Waals surface area contributed by atoms with Crippen LogP contribution in [0.25, 0.3) is 0 Å². The van der Waals surface area contributed by atoms with Crippen molar-refractivity contribution in [3.8, 4) is 0 Å². The molecule has 0 radical (unpaired) electrons. The summed E-state index contributed by atoms with van der Waals surface area (Å²) in [4.78, 5) is 116. The number of fused-ring (bicyclic) bond motifs is 5. The van der Waals surface area contributed by atoms with Gasteiger partial charge in [-0.1, -0.05) is 71.1 Å². The molecule has 1 aliphatic carbocycles. The van der Waals surface area contributed by atoms with Crippen LogP contribution in [0, 0.1) is 0 Å². The van der Waals surface area contributed by atoms with Crippen molar-refractivity contribution in [3.63, 3.8) is 0 Å². The molecule has 22 heteroatoms. The van der Waals surface area contributed by atoms with Gasteiger partial charge in [-0.05, 0) is 39.0 Å². The predicted molar refractivity (Wildman–Crippen MR) is 238 cm³/mol. The number of thiazole rings is 2. The van der Waals surface area contributed by atoms with E-state index in [9.17, 15) is 48.6 Å². The van der Waals surface area contributed by atoms with Crippen molar-refractivity contribution < 1.29 is 53.3 Å². The minimum absolute atomic E-state index is 0.0295. The van der Waals surface area contributed by atoms with Gasteiger partial charge in [0.1, 0.15) is 33.2 Å². The molecule has 10 N–H and O–H groups in total. The number of aliphatic hydroxyl groups is 1. The number of nitrogens with one attached hydrogen (secondary N) is 4. The molecule has 3 aliphatic rings. The zero-order valence-electron chi connectivity index (χ0n) is 36.9. The van der Waals surface area contributed by atoms with Crippen LogP contribution >= 0.6 is 22.7 Å². The first-order chi connectivity index (χ1) is 30.9. The number of amides is 5. The summed E-state index contributed by atoms with van der Waals surface area (Å²) < 4.78 is 6.43. The van der Waals surface area contributed by atoms with Crippen LogP contribution < -0.4 is 32.7 Å². The molecule has 356 valence electrons. The van der Waals surface area contributed by atoms with Crippen molar-refractivity contribution in [2.45, 2.75) is 178 Å². The fraction of sp³-hybridized carbons (Fsp3) is 0.651. The lowest BCUT2D eigenvalue weighted by Gasteiger charge is -2.31. The number of carbonyl (C=O) groups is 8. The third-order valence-corrected chi connectivity index (χ3v) is 13.4. The fourth-order valence-corrected chi connectivity index (χ4v) is 9.38. The molecule has 65 heavy (non-hydrogen) atoms. The molecule has 4 heterocycles. The summed E-state index contributed by atoms with van der Waals surface area (Å²) in [6.07, 6.45) is 11.3. The number of unbranched alkanes of at least 4 members (excludes halogenated alkanes) is 10. The normalized spacial score (nSPS) is 21.8. The molecule has 5 atom stereocenters. The molecule has 2 aromatic rings. The first-order valence-corrected chi connectivity index (χ1v) is 24.1. The maximum absolute atomic E-state index is 13.9. The number of carboxylic acids is 1. The first-order valence-electron chi connectivity index (χ1n) is 22.3. The third kappa shape index (κ3) is 14.0. The maximum atomic E-state index is 13.9.